The summed E-state index contributed by atoms with van der Waals surface area (Å²) >= 11 is 0. The molecule has 0 saturated carbocycles. The number of aromatic nitrogens is 1. The van der Waals surface area contributed by atoms with Crippen LogP contribution in [0.3, 0.4) is 0 Å². The van der Waals surface area contributed by atoms with Crippen LogP contribution in [-0.2, 0) is 4.74 Å². The van der Waals surface area contributed by atoms with E-state index >= 15 is 0 Å². The summed E-state index contributed by atoms with van der Waals surface area (Å²) in [4.78, 5) is 6.12. The molecule has 0 fully saturated rings. The Kier molecular flexibility index (Phi) is 4.37. The Hall–Kier alpha value is -1.29. The number of nitrogens with two attached hydrogens (primary N) is 1. The molecule has 0 radical (unpaired) electrons. The lowest BCUT2D eigenvalue weighted by molar-refractivity contribution is 0.0846. The smallest absolute Gasteiger partial charge is 0.0644 e. The van der Waals surface area contributed by atoms with Crippen molar-refractivity contribution in [3.63, 3.8) is 0 Å². The molecule has 0 aromatic carbocycles. The minimum Gasteiger partial charge on any atom is -0.397 e. The number of rotatable bonds is 5. The summed E-state index contributed by atoms with van der Waals surface area (Å²) in [6, 6.07) is 1.91. The monoisotopic (exact) mass is 209 g/mol. The van der Waals surface area contributed by atoms with Gasteiger partial charge in [0.1, 0.15) is 0 Å². The molecule has 84 valence electrons. The SMILES string of the molecule is CC(C)OCCN(C)c1cncc(N)c1. The van der Waals surface area contributed by atoms with Gasteiger partial charge in [0.25, 0.3) is 0 Å². The van der Waals surface area contributed by atoms with Gasteiger partial charge in [-0.05, 0) is 19.9 Å². The summed E-state index contributed by atoms with van der Waals surface area (Å²) in [5.41, 5.74) is 7.35. The molecule has 0 aliphatic heterocycles. The number of anilines is 2. The third-order valence-corrected chi connectivity index (χ3v) is 2.06. The van der Waals surface area contributed by atoms with E-state index in [-0.39, 0.29) is 6.10 Å². The maximum absolute atomic E-state index is 5.65. The van der Waals surface area contributed by atoms with E-state index in [4.69, 9.17) is 10.5 Å². The number of nitrogens with zero attached hydrogens (tertiary/aromatic N) is 2. The van der Waals surface area contributed by atoms with Crippen LogP contribution >= 0.6 is 0 Å². The normalized spacial score (nSPS) is 10.7. The van der Waals surface area contributed by atoms with Crippen molar-refractivity contribution in [1.29, 1.82) is 0 Å². The first kappa shape index (κ1) is 11.8. The molecule has 15 heavy (non-hydrogen) atoms. The van der Waals surface area contributed by atoms with Gasteiger partial charge in [-0.2, -0.15) is 0 Å². The van der Waals surface area contributed by atoms with E-state index in [9.17, 15) is 0 Å². The highest BCUT2D eigenvalue weighted by molar-refractivity contribution is 5.52. The zero-order valence-electron chi connectivity index (χ0n) is 9.60. The topological polar surface area (TPSA) is 51.4 Å². The van der Waals surface area contributed by atoms with Gasteiger partial charge < -0.3 is 15.4 Å². The molecule has 4 nitrogen and oxygen atoms in total. The van der Waals surface area contributed by atoms with Gasteiger partial charge in [0.15, 0.2) is 0 Å². The lowest BCUT2D eigenvalue weighted by Gasteiger charge is -2.19. The Morgan fingerprint density at radius 3 is 2.80 bits per heavy atom. The Morgan fingerprint density at radius 1 is 1.47 bits per heavy atom. The summed E-state index contributed by atoms with van der Waals surface area (Å²) < 4.78 is 5.47. The summed E-state index contributed by atoms with van der Waals surface area (Å²) in [5.74, 6) is 0. The number of hydrogen-bond donors (Lipinski definition) is 1. The molecule has 0 amide bonds. The maximum atomic E-state index is 5.65. The molecule has 0 atom stereocenters. The summed E-state index contributed by atoms with van der Waals surface area (Å²) in [5, 5.41) is 0. The first-order chi connectivity index (χ1) is 7.09. The van der Waals surface area contributed by atoms with Gasteiger partial charge in [-0.25, -0.2) is 0 Å². The largest absolute Gasteiger partial charge is 0.397 e. The van der Waals surface area contributed by atoms with E-state index in [0.29, 0.717) is 12.3 Å². The summed E-state index contributed by atoms with van der Waals surface area (Å²) in [6.07, 6.45) is 3.71. The summed E-state index contributed by atoms with van der Waals surface area (Å²) in [7, 11) is 2.00. The molecule has 1 aromatic rings. The van der Waals surface area contributed by atoms with Crippen LogP contribution in [0, 0.1) is 0 Å². The van der Waals surface area contributed by atoms with Crippen LogP contribution in [0.4, 0.5) is 11.4 Å². The molecule has 4 heteroatoms. The van der Waals surface area contributed by atoms with Crippen LogP contribution in [0.1, 0.15) is 13.8 Å². The average molecular weight is 209 g/mol. The highest BCUT2D eigenvalue weighted by atomic mass is 16.5. The Labute approximate surface area is 91.1 Å². The van der Waals surface area contributed by atoms with Crippen LogP contribution in [0.15, 0.2) is 18.5 Å². The molecule has 1 rings (SSSR count). The summed E-state index contributed by atoms with van der Waals surface area (Å²) in [6.45, 7) is 5.61. The van der Waals surface area contributed by atoms with Gasteiger partial charge in [-0.1, -0.05) is 0 Å². The molecular weight excluding hydrogens is 190 g/mol. The van der Waals surface area contributed by atoms with Crippen molar-refractivity contribution in [3.05, 3.63) is 18.5 Å². The fourth-order valence-electron chi connectivity index (χ4n) is 1.21. The Balaban J connectivity index is 2.43. The van der Waals surface area contributed by atoms with E-state index in [1.807, 2.05) is 27.0 Å². The van der Waals surface area contributed by atoms with Gasteiger partial charge in [0, 0.05) is 19.8 Å². The van der Waals surface area contributed by atoms with Crippen molar-refractivity contribution in [2.75, 3.05) is 30.8 Å². The van der Waals surface area contributed by atoms with Crippen molar-refractivity contribution in [2.45, 2.75) is 20.0 Å². The fraction of sp³-hybridized carbons (Fsp3) is 0.545. The molecule has 0 bridgehead atoms. The lowest BCUT2D eigenvalue weighted by Crippen LogP contribution is -2.24. The van der Waals surface area contributed by atoms with Gasteiger partial charge in [0.2, 0.25) is 0 Å². The highest BCUT2D eigenvalue weighted by Gasteiger charge is 2.02. The average Bonchev–Trinajstić information content (AvgIpc) is 2.17. The molecular formula is C11H19N3O. The highest BCUT2D eigenvalue weighted by Crippen LogP contribution is 2.13. The predicted molar refractivity (Wildman–Crippen MR) is 63.0 cm³/mol. The number of likely N-dealkylation sites (N-methyl/N-ethyl adjacent to an activating group) is 1. The molecule has 2 N–H and O–H groups in total. The third-order valence-electron chi connectivity index (χ3n) is 2.06. The first-order valence-electron chi connectivity index (χ1n) is 5.13. The molecule has 0 saturated heterocycles. The third kappa shape index (κ3) is 4.16. The standard InChI is InChI=1S/C11H19N3O/c1-9(2)15-5-4-14(3)11-6-10(12)7-13-8-11/h6-9H,4-5,12H2,1-3H3. The Morgan fingerprint density at radius 2 is 2.20 bits per heavy atom. The molecule has 0 aliphatic carbocycles. The van der Waals surface area contributed by atoms with Crippen LogP contribution in [0.2, 0.25) is 0 Å². The van der Waals surface area contributed by atoms with Crippen molar-refractivity contribution in [3.8, 4) is 0 Å². The van der Waals surface area contributed by atoms with Crippen LogP contribution in [0.25, 0.3) is 0 Å². The minimum atomic E-state index is 0.275. The molecule has 1 aromatic heterocycles. The lowest BCUT2D eigenvalue weighted by atomic mass is 10.3. The van der Waals surface area contributed by atoms with Gasteiger partial charge >= 0.3 is 0 Å². The fourth-order valence-corrected chi connectivity index (χ4v) is 1.21. The zero-order chi connectivity index (χ0) is 11.3. The predicted octanol–water partition coefficient (Wildman–Crippen LogP) is 1.53. The second-order valence-electron chi connectivity index (χ2n) is 3.82. The van der Waals surface area contributed by atoms with Crippen LogP contribution in [0.5, 0.6) is 0 Å². The molecule has 0 aliphatic rings. The van der Waals surface area contributed by atoms with Crippen molar-refractivity contribution in [1.82, 2.24) is 4.98 Å². The van der Waals surface area contributed by atoms with Crippen LogP contribution in [-0.4, -0.2) is 31.3 Å². The zero-order valence-corrected chi connectivity index (χ0v) is 9.60. The number of ether oxygens (including phenoxy) is 1. The second kappa shape index (κ2) is 5.56. The van der Waals surface area contributed by atoms with Crippen molar-refractivity contribution >= 4 is 11.4 Å². The number of hydrogen-bond acceptors (Lipinski definition) is 4. The molecule has 1 heterocycles. The molecule has 0 unspecified atom stereocenters. The van der Waals surface area contributed by atoms with Gasteiger partial charge in [-0.3, -0.25) is 4.98 Å². The van der Waals surface area contributed by atoms with Crippen molar-refractivity contribution in [2.24, 2.45) is 0 Å². The first-order valence-corrected chi connectivity index (χ1v) is 5.13. The van der Waals surface area contributed by atoms with E-state index < -0.39 is 0 Å². The van der Waals surface area contributed by atoms with E-state index in [0.717, 1.165) is 12.2 Å². The van der Waals surface area contributed by atoms with E-state index in [2.05, 4.69) is 9.88 Å². The minimum absolute atomic E-state index is 0.275. The molecule has 0 spiro atoms. The van der Waals surface area contributed by atoms with Crippen molar-refractivity contribution < 1.29 is 4.74 Å². The van der Waals surface area contributed by atoms with Gasteiger partial charge in [0.05, 0.1) is 30.3 Å². The number of pyridine rings is 1. The van der Waals surface area contributed by atoms with E-state index in [1.54, 1.807) is 12.4 Å². The Bertz CT molecular complexity index is 302. The second-order valence-corrected chi connectivity index (χ2v) is 3.82. The van der Waals surface area contributed by atoms with E-state index in [1.165, 1.54) is 0 Å². The quantitative estimate of drug-likeness (QED) is 0.799. The number of nitrogen functional groups attached to an aromatic ring is 1. The van der Waals surface area contributed by atoms with Gasteiger partial charge in [-0.15, -0.1) is 0 Å². The van der Waals surface area contributed by atoms with Crippen LogP contribution < -0.4 is 10.6 Å². The maximum Gasteiger partial charge on any atom is 0.0644 e.